The summed E-state index contributed by atoms with van der Waals surface area (Å²) in [5, 5.41) is -6.19. The minimum absolute atomic E-state index is 0.190. The van der Waals surface area contributed by atoms with E-state index >= 15 is 0 Å². The van der Waals surface area contributed by atoms with Gasteiger partial charge in [-0.2, -0.15) is 30.7 Å². The predicted molar refractivity (Wildman–Crippen MR) is 87.8 cm³/mol. The maximum atomic E-state index is 13.8. The fourth-order valence-corrected chi connectivity index (χ4v) is 2.63. The molecule has 0 heterocycles. The summed E-state index contributed by atoms with van der Waals surface area (Å²) in [4.78, 5) is 24.5. The van der Waals surface area contributed by atoms with Gasteiger partial charge in [-0.05, 0) is 20.8 Å². The first-order valence-corrected chi connectivity index (χ1v) is 9.70. The van der Waals surface area contributed by atoms with Crippen molar-refractivity contribution in [2.75, 3.05) is 13.2 Å². The van der Waals surface area contributed by atoms with Crippen molar-refractivity contribution in [2.24, 2.45) is 0 Å². The first kappa shape index (κ1) is 29.1. The highest BCUT2D eigenvalue weighted by atomic mass is 32.2. The summed E-state index contributed by atoms with van der Waals surface area (Å²) in [6.45, 7) is 4.09. The van der Waals surface area contributed by atoms with Gasteiger partial charge in [0.1, 0.15) is 0 Å². The number of carbonyl (C=O) groups excluding carboxylic acids is 2. The van der Waals surface area contributed by atoms with E-state index in [0.29, 0.717) is 4.90 Å². The monoisotopic (exact) mass is 490 g/mol. The van der Waals surface area contributed by atoms with Crippen LogP contribution in [0.3, 0.4) is 0 Å². The van der Waals surface area contributed by atoms with Gasteiger partial charge >= 0.3 is 35.0 Å². The number of hydrogen-bond donors (Lipinski definition) is 0. The van der Waals surface area contributed by atoms with Crippen LogP contribution in [0.5, 0.6) is 0 Å². The number of likely N-dealkylation sites (N-methyl/N-ethyl adjacent to an activating group) is 1. The lowest BCUT2D eigenvalue weighted by molar-refractivity contribution is -0.353. The molecular weight excluding hydrogens is 471 g/mol. The molecule has 0 rings (SSSR count). The van der Waals surface area contributed by atoms with Gasteiger partial charge in [-0.15, -0.1) is 0 Å². The number of rotatable bonds is 11. The Balaban J connectivity index is 6.22. The topological polar surface area (TPSA) is 113 Å². The number of halogens is 7. The first-order valence-electron chi connectivity index (χ1n) is 8.30. The molecule has 0 spiro atoms. The zero-order chi connectivity index (χ0) is 25.1. The van der Waals surface area contributed by atoms with Crippen molar-refractivity contribution in [1.29, 1.82) is 0 Å². The molecule has 8 nitrogen and oxygen atoms in total. The smallest absolute Gasteiger partial charge is 0.466 e. The molecule has 31 heavy (non-hydrogen) atoms. The Labute approximate surface area is 172 Å². The molecule has 0 saturated heterocycles. The summed E-state index contributed by atoms with van der Waals surface area (Å²) in [7, 11) is -6.91. The molecule has 0 aliphatic carbocycles. The first-order chi connectivity index (χ1) is 13.7. The van der Waals surface area contributed by atoms with Crippen molar-refractivity contribution in [2.45, 2.75) is 56.4 Å². The Morgan fingerprint density at radius 1 is 1.13 bits per heavy atom. The second-order valence-electron chi connectivity index (χ2n) is 6.20. The summed E-state index contributed by atoms with van der Waals surface area (Å²) in [5.41, 5.74) is 0. The van der Waals surface area contributed by atoms with Crippen molar-refractivity contribution in [3.05, 3.63) is 12.7 Å². The van der Waals surface area contributed by atoms with E-state index in [-0.39, 0.29) is 6.08 Å². The quantitative estimate of drug-likeness (QED) is 0.144. The molecule has 1 atom stereocenters. The van der Waals surface area contributed by atoms with E-state index in [1.807, 2.05) is 0 Å². The molecule has 16 heteroatoms. The fourth-order valence-electron chi connectivity index (χ4n) is 2.16. The van der Waals surface area contributed by atoms with E-state index < -0.39 is 70.7 Å². The number of nitrogens with zero attached hydrogens (tertiary/aromatic N) is 1. The number of hydrogen-bond acceptors (Lipinski definition) is 7. The highest BCUT2D eigenvalue weighted by Gasteiger charge is 2.68. The highest BCUT2D eigenvalue weighted by molar-refractivity contribution is 7.86. The number of ether oxygens (including phenoxy) is 2. The number of amides is 1. The second kappa shape index (κ2) is 9.68. The van der Waals surface area contributed by atoms with Crippen molar-refractivity contribution in [1.82, 2.24) is 4.90 Å². The average molecular weight is 490 g/mol. The molecule has 1 amide bonds. The standard InChI is InChI=1S/C15H20F7NO7S/c1-5-10(24)30-13(14(18,19)20,11(25)23(6-2)9(3)4)29-8-7-12(16,17)15(21,22)31(26,27)28/h5,9H,1,6-8H2,2-4H3,(H,26,27,28)/p-1. The van der Waals surface area contributed by atoms with Gasteiger partial charge in [0.25, 0.3) is 0 Å². The largest absolute Gasteiger partial charge is 0.743 e. The van der Waals surface area contributed by atoms with E-state index in [2.05, 4.69) is 16.1 Å². The van der Waals surface area contributed by atoms with Gasteiger partial charge in [0, 0.05) is 25.1 Å². The lowest BCUT2D eigenvalue weighted by Crippen LogP contribution is -2.63. The van der Waals surface area contributed by atoms with Crippen LogP contribution >= 0.6 is 0 Å². The summed E-state index contributed by atoms with van der Waals surface area (Å²) in [6, 6.07) is -0.943. The Morgan fingerprint density at radius 2 is 1.61 bits per heavy atom. The van der Waals surface area contributed by atoms with Crippen LogP contribution in [0.4, 0.5) is 30.7 Å². The van der Waals surface area contributed by atoms with Gasteiger partial charge in [-0.3, -0.25) is 4.79 Å². The lowest BCUT2D eigenvalue weighted by Gasteiger charge is -2.38. The third kappa shape index (κ3) is 6.06. The van der Waals surface area contributed by atoms with Crippen LogP contribution in [0.25, 0.3) is 0 Å². The summed E-state index contributed by atoms with van der Waals surface area (Å²) < 4.78 is 134. The van der Waals surface area contributed by atoms with E-state index in [1.54, 1.807) is 0 Å². The van der Waals surface area contributed by atoms with Crippen molar-refractivity contribution in [3.63, 3.8) is 0 Å². The molecule has 0 radical (unpaired) electrons. The van der Waals surface area contributed by atoms with Gasteiger partial charge in [0.15, 0.2) is 10.1 Å². The highest BCUT2D eigenvalue weighted by Crippen LogP contribution is 2.42. The Kier molecular flexibility index (Phi) is 9.08. The predicted octanol–water partition coefficient (Wildman–Crippen LogP) is 2.41. The van der Waals surface area contributed by atoms with Crippen molar-refractivity contribution >= 4 is 22.0 Å². The fraction of sp³-hybridized carbons (Fsp3) is 0.733. The zero-order valence-corrected chi connectivity index (χ0v) is 17.2. The number of esters is 1. The van der Waals surface area contributed by atoms with Crippen LogP contribution in [0.1, 0.15) is 27.2 Å². The third-order valence-electron chi connectivity index (χ3n) is 3.75. The van der Waals surface area contributed by atoms with E-state index in [9.17, 15) is 53.3 Å². The summed E-state index contributed by atoms with van der Waals surface area (Å²) in [5.74, 6) is -14.2. The molecule has 0 saturated carbocycles. The van der Waals surface area contributed by atoms with E-state index in [1.165, 1.54) is 20.8 Å². The Morgan fingerprint density at radius 3 is 1.94 bits per heavy atom. The normalized spacial score (nSPS) is 15.4. The third-order valence-corrected chi connectivity index (χ3v) is 4.68. The molecule has 0 aliphatic rings. The van der Waals surface area contributed by atoms with Gasteiger partial charge in [-0.25, -0.2) is 13.2 Å². The maximum Gasteiger partial charge on any atom is 0.466 e. The van der Waals surface area contributed by atoms with Gasteiger partial charge in [-0.1, -0.05) is 6.58 Å². The Bertz CT molecular complexity index is 783. The van der Waals surface area contributed by atoms with E-state index in [0.717, 1.165) is 0 Å². The molecular formula is C15H19F7NO7S-. The molecule has 0 aromatic rings. The minimum atomic E-state index is -6.91. The van der Waals surface area contributed by atoms with E-state index in [4.69, 9.17) is 0 Å². The maximum absolute atomic E-state index is 13.8. The molecule has 0 N–H and O–H groups in total. The second-order valence-corrected chi connectivity index (χ2v) is 7.62. The molecule has 182 valence electrons. The van der Waals surface area contributed by atoms with Crippen LogP contribution < -0.4 is 0 Å². The SMILES string of the molecule is C=CC(=O)OC(OCCC(F)(F)C(F)(F)S(=O)(=O)[O-])(C(=O)N(CC)C(C)C)C(F)(F)F. The van der Waals surface area contributed by atoms with Gasteiger partial charge in [0.05, 0.1) is 6.61 Å². The average Bonchev–Trinajstić information content (AvgIpc) is 2.58. The zero-order valence-electron chi connectivity index (χ0n) is 16.3. The molecule has 0 aromatic heterocycles. The molecule has 0 bridgehead atoms. The summed E-state index contributed by atoms with van der Waals surface area (Å²) in [6.07, 6.45) is -8.16. The number of carbonyl (C=O) groups is 2. The van der Waals surface area contributed by atoms with Crippen LogP contribution in [0.15, 0.2) is 12.7 Å². The van der Waals surface area contributed by atoms with Crippen molar-refractivity contribution in [3.8, 4) is 0 Å². The van der Waals surface area contributed by atoms with Crippen LogP contribution in [-0.2, 0) is 29.2 Å². The Hall–Kier alpha value is -1.94. The molecule has 0 aliphatic heterocycles. The van der Waals surface area contributed by atoms with Gasteiger partial charge < -0.3 is 18.9 Å². The minimum Gasteiger partial charge on any atom is -0.743 e. The molecule has 0 aromatic carbocycles. The van der Waals surface area contributed by atoms with Crippen molar-refractivity contribution < 1.29 is 62.8 Å². The summed E-state index contributed by atoms with van der Waals surface area (Å²) >= 11 is 0. The molecule has 0 fully saturated rings. The van der Waals surface area contributed by atoms with Gasteiger partial charge in [0.2, 0.25) is 0 Å². The van der Waals surface area contributed by atoms with Crippen LogP contribution in [-0.4, -0.2) is 72.1 Å². The van der Waals surface area contributed by atoms with Crippen LogP contribution in [0, 0.1) is 0 Å². The molecule has 1 unspecified atom stereocenters. The van der Waals surface area contributed by atoms with Crippen LogP contribution in [0.2, 0.25) is 0 Å². The number of alkyl halides is 7. The lowest BCUT2D eigenvalue weighted by atomic mass is 10.1.